The first-order chi connectivity index (χ1) is 8.00. The van der Waals surface area contributed by atoms with Crippen molar-refractivity contribution in [1.82, 2.24) is 4.98 Å². The summed E-state index contributed by atoms with van der Waals surface area (Å²) < 4.78 is 38.1. The van der Waals surface area contributed by atoms with Gasteiger partial charge < -0.3 is 0 Å². The van der Waals surface area contributed by atoms with E-state index in [-0.39, 0.29) is 10.8 Å². The van der Waals surface area contributed by atoms with Crippen LogP contribution in [0.2, 0.25) is 0 Å². The van der Waals surface area contributed by atoms with Gasteiger partial charge in [0.05, 0.1) is 10.8 Å². The molecule has 1 aliphatic heterocycles. The number of rotatable bonds is 2. The number of nitrogens with zero attached hydrogens (tertiary/aromatic N) is 1. The molecule has 1 aromatic heterocycles. The molecule has 0 aromatic carbocycles. The van der Waals surface area contributed by atoms with Crippen molar-refractivity contribution in [3.8, 4) is 0 Å². The lowest BCUT2D eigenvalue weighted by molar-refractivity contribution is -0.138. The fraction of sp³-hybridized carbons (Fsp3) is 0.455. The van der Waals surface area contributed by atoms with Crippen LogP contribution in [0, 0.1) is 0 Å². The van der Waals surface area contributed by atoms with E-state index >= 15 is 0 Å². The Kier molecular flexibility index (Phi) is 3.42. The molecule has 0 bridgehead atoms. The number of carbonyl (C=O) groups excluding carboxylic acids is 1. The summed E-state index contributed by atoms with van der Waals surface area (Å²) in [5.41, 5.74) is -1.19. The molecule has 0 amide bonds. The molecule has 92 valence electrons. The number of ketones is 1. The van der Waals surface area contributed by atoms with Crippen molar-refractivity contribution in [2.75, 3.05) is 5.75 Å². The molecule has 2 heterocycles. The normalized spacial score (nSPS) is 20.5. The third kappa shape index (κ3) is 2.62. The van der Waals surface area contributed by atoms with Gasteiger partial charge in [0, 0.05) is 18.0 Å². The number of alkyl halides is 3. The number of thioether (sulfide) groups is 1. The van der Waals surface area contributed by atoms with E-state index in [9.17, 15) is 18.0 Å². The van der Waals surface area contributed by atoms with Crippen molar-refractivity contribution in [1.29, 1.82) is 0 Å². The average molecular weight is 261 g/mol. The van der Waals surface area contributed by atoms with E-state index in [1.54, 1.807) is 0 Å². The van der Waals surface area contributed by atoms with Crippen LogP contribution in [0.3, 0.4) is 0 Å². The zero-order valence-corrected chi connectivity index (χ0v) is 9.64. The predicted molar refractivity (Wildman–Crippen MR) is 59.0 cm³/mol. The first kappa shape index (κ1) is 12.4. The van der Waals surface area contributed by atoms with Gasteiger partial charge in [-0.05, 0) is 24.7 Å². The van der Waals surface area contributed by atoms with Crippen molar-refractivity contribution < 1.29 is 18.0 Å². The van der Waals surface area contributed by atoms with Crippen LogP contribution in [0.15, 0.2) is 18.5 Å². The van der Waals surface area contributed by atoms with Gasteiger partial charge in [-0.25, -0.2) is 0 Å². The van der Waals surface area contributed by atoms with E-state index in [2.05, 4.69) is 4.98 Å². The van der Waals surface area contributed by atoms with Crippen molar-refractivity contribution in [2.45, 2.75) is 24.3 Å². The van der Waals surface area contributed by atoms with Gasteiger partial charge in [-0.1, -0.05) is 0 Å². The first-order valence-corrected chi connectivity index (χ1v) is 6.22. The van der Waals surface area contributed by atoms with E-state index < -0.39 is 17.5 Å². The largest absolute Gasteiger partial charge is 0.417 e. The third-order valence-electron chi connectivity index (χ3n) is 2.61. The molecule has 2 rings (SSSR count). The van der Waals surface area contributed by atoms with E-state index in [1.165, 1.54) is 11.8 Å². The molecule has 0 N–H and O–H groups in total. The Labute approximate surface area is 101 Å². The van der Waals surface area contributed by atoms with E-state index in [4.69, 9.17) is 0 Å². The second-order valence-electron chi connectivity index (χ2n) is 3.78. The van der Waals surface area contributed by atoms with Crippen LogP contribution in [0.5, 0.6) is 0 Å². The van der Waals surface area contributed by atoms with Gasteiger partial charge in [0.2, 0.25) is 0 Å². The van der Waals surface area contributed by atoms with Crippen LogP contribution in [-0.4, -0.2) is 21.8 Å². The van der Waals surface area contributed by atoms with E-state index in [1.807, 2.05) is 0 Å². The van der Waals surface area contributed by atoms with Crippen molar-refractivity contribution in [3.63, 3.8) is 0 Å². The molecule has 6 heteroatoms. The van der Waals surface area contributed by atoms with Crippen molar-refractivity contribution in [3.05, 3.63) is 29.6 Å². The Morgan fingerprint density at radius 3 is 2.82 bits per heavy atom. The van der Waals surface area contributed by atoms with Gasteiger partial charge in [0.1, 0.15) is 0 Å². The van der Waals surface area contributed by atoms with Crippen LogP contribution < -0.4 is 0 Å². The summed E-state index contributed by atoms with van der Waals surface area (Å²) >= 11 is 1.42. The summed E-state index contributed by atoms with van der Waals surface area (Å²) in [5, 5.41) is -0.347. The molecule has 0 spiro atoms. The van der Waals surface area contributed by atoms with Gasteiger partial charge >= 0.3 is 6.18 Å². The van der Waals surface area contributed by atoms with Gasteiger partial charge in [-0.2, -0.15) is 24.9 Å². The average Bonchev–Trinajstić information content (AvgIpc) is 2.80. The van der Waals surface area contributed by atoms with Crippen LogP contribution >= 0.6 is 11.8 Å². The monoisotopic (exact) mass is 261 g/mol. The zero-order chi connectivity index (χ0) is 12.5. The molecule has 1 atom stereocenters. The van der Waals surface area contributed by atoms with Crippen LogP contribution in [0.25, 0.3) is 0 Å². The van der Waals surface area contributed by atoms with Gasteiger partial charge in [0.15, 0.2) is 5.78 Å². The lowest BCUT2D eigenvalue weighted by Crippen LogP contribution is -2.20. The van der Waals surface area contributed by atoms with E-state index in [0.717, 1.165) is 30.6 Å². The van der Waals surface area contributed by atoms with E-state index in [0.29, 0.717) is 6.42 Å². The SMILES string of the molecule is O=C(c1cnccc1C(F)(F)F)C1CCCS1. The predicted octanol–water partition coefficient (Wildman–Crippen LogP) is 3.18. The molecular formula is C11H10F3NOS. The maximum Gasteiger partial charge on any atom is 0.417 e. The highest BCUT2D eigenvalue weighted by Crippen LogP contribution is 2.35. The molecule has 1 aliphatic rings. The third-order valence-corrected chi connectivity index (χ3v) is 3.99. The van der Waals surface area contributed by atoms with Gasteiger partial charge in [-0.3, -0.25) is 9.78 Å². The number of hydrogen-bond donors (Lipinski definition) is 0. The summed E-state index contributed by atoms with van der Waals surface area (Å²) in [6.45, 7) is 0. The number of hydrogen-bond acceptors (Lipinski definition) is 3. The second-order valence-corrected chi connectivity index (χ2v) is 5.10. The molecule has 17 heavy (non-hydrogen) atoms. The Morgan fingerprint density at radius 2 is 2.24 bits per heavy atom. The molecule has 0 radical (unpaired) electrons. The Morgan fingerprint density at radius 1 is 1.47 bits per heavy atom. The number of Topliss-reactive ketones (excluding diaryl/α,β-unsaturated/α-hetero) is 1. The number of halogens is 3. The zero-order valence-electron chi connectivity index (χ0n) is 8.83. The first-order valence-electron chi connectivity index (χ1n) is 5.17. The van der Waals surface area contributed by atoms with Crippen molar-refractivity contribution in [2.24, 2.45) is 0 Å². The minimum Gasteiger partial charge on any atom is -0.293 e. The molecule has 1 unspecified atom stereocenters. The van der Waals surface area contributed by atoms with Crippen LogP contribution in [-0.2, 0) is 6.18 Å². The second kappa shape index (κ2) is 4.68. The molecule has 1 saturated heterocycles. The lowest BCUT2D eigenvalue weighted by atomic mass is 10.0. The summed E-state index contributed by atoms with van der Waals surface area (Å²) in [6, 6.07) is 0.854. The number of pyridine rings is 1. The minimum absolute atomic E-state index is 0.306. The fourth-order valence-corrected chi connectivity index (χ4v) is 3.03. The molecule has 0 saturated carbocycles. The Balaban J connectivity index is 2.34. The highest BCUT2D eigenvalue weighted by atomic mass is 32.2. The minimum atomic E-state index is -4.50. The van der Waals surface area contributed by atoms with Crippen molar-refractivity contribution >= 4 is 17.5 Å². The maximum atomic E-state index is 12.7. The highest BCUT2D eigenvalue weighted by molar-refractivity contribution is 8.00. The number of aromatic nitrogens is 1. The molecule has 1 aromatic rings. The van der Waals surface area contributed by atoms with Gasteiger partial charge in [0.25, 0.3) is 0 Å². The van der Waals surface area contributed by atoms with Crippen LogP contribution in [0.1, 0.15) is 28.8 Å². The lowest BCUT2D eigenvalue weighted by Gasteiger charge is -2.13. The van der Waals surface area contributed by atoms with Gasteiger partial charge in [-0.15, -0.1) is 0 Å². The molecule has 2 nitrogen and oxygen atoms in total. The summed E-state index contributed by atoms with van der Waals surface area (Å²) in [7, 11) is 0. The topological polar surface area (TPSA) is 30.0 Å². The summed E-state index contributed by atoms with van der Waals surface area (Å²) in [5.74, 6) is 0.380. The molecule has 0 aliphatic carbocycles. The molecule has 1 fully saturated rings. The quantitative estimate of drug-likeness (QED) is 0.766. The Hall–Kier alpha value is -1.04. The highest BCUT2D eigenvalue weighted by Gasteiger charge is 2.37. The molecular weight excluding hydrogens is 251 g/mol. The maximum absolute atomic E-state index is 12.7. The summed E-state index contributed by atoms with van der Waals surface area (Å²) in [6.07, 6.45) is -0.902. The number of carbonyl (C=O) groups is 1. The standard InChI is InChI=1S/C11H10F3NOS/c12-11(13,14)8-3-4-15-6-7(8)10(16)9-2-1-5-17-9/h3-4,6,9H,1-2,5H2. The Bertz CT molecular complexity index is 427. The fourth-order valence-electron chi connectivity index (χ4n) is 1.80. The van der Waals surface area contributed by atoms with Crippen LogP contribution in [0.4, 0.5) is 13.2 Å². The smallest absolute Gasteiger partial charge is 0.293 e. The summed E-state index contributed by atoms with van der Waals surface area (Å²) in [4.78, 5) is 15.6.